The van der Waals surface area contributed by atoms with E-state index in [1.165, 1.54) is 23.4 Å². The summed E-state index contributed by atoms with van der Waals surface area (Å²) in [4.78, 5) is 40.3. The van der Waals surface area contributed by atoms with Gasteiger partial charge in [-0.2, -0.15) is 10.1 Å². The van der Waals surface area contributed by atoms with E-state index in [-0.39, 0.29) is 28.5 Å². The second-order valence-corrected chi connectivity index (χ2v) is 9.59. The Morgan fingerprint density at radius 1 is 1.28 bits per heavy atom. The summed E-state index contributed by atoms with van der Waals surface area (Å²) in [7, 11) is 3.52. The zero-order valence-corrected chi connectivity index (χ0v) is 21.8. The molecule has 2 N–H and O–H groups in total. The number of carboxylic acid groups (broad SMARTS) is 1. The lowest BCUT2D eigenvalue weighted by Gasteiger charge is -2.24. The lowest BCUT2D eigenvalue weighted by molar-refractivity contribution is 0.0742. The van der Waals surface area contributed by atoms with Crippen molar-refractivity contribution in [3.63, 3.8) is 0 Å². The number of amides is 2. The van der Waals surface area contributed by atoms with E-state index in [0.717, 1.165) is 0 Å². The van der Waals surface area contributed by atoms with Crippen LogP contribution in [-0.4, -0.2) is 84.2 Å². The van der Waals surface area contributed by atoms with Crippen molar-refractivity contribution in [2.75, 3.05) is 37.0 Å². The third-order valence-corrected chi connectivity index (χ3v) is 7.07. The normalized spacial score (nSPS) is 16.9. The number of aryl methyl sites for hydroxylation is 1. The van der Waals surface area contributed by atoms with Gasteiger partial charge in [0.25, 0.3) is 5.91 Å². The van der Waals surface area contributed by atoms with Crippen molar-refractivity contribution in [1.29, 1.82) is 0 Å². The van der Waals surface area contributed by atoms with Crippen LogP contribution < -0.4 is 15.0 Å². The minimum absolute atomic E-state index is 0.0966. The van der Waals surface area contributed by atoms with Crippen LogP contribution in [-0.2, 0) is 18.3 Å². The molecule has 4 aromatic rings. The number of carbonyl (C=O) groups excluding carboxylic acids is 1. The Balaban J connectivity index is 1.27. The Bertz CT molecular complexity index is 1600. The number of ether oxygens (including phenoxy) is 2. The molecule has 0 unspecified atom stereocenters. The molecular weight excluding hydrogens is 530 g/mol. The molecule has 2 aliphatic heterocycles. The maximum absolute atomic E-state index is 12.4. The SMILES string of the molecule is CN1CCn2nc(Nc3nc4ncc(Oc5ccnc(N(C(=O)O)[C@@H]6CCOC6)c5)c(Cl)c4n3C)cc2C1=O. The van der Waals surface area contributed by atoms with Crippen molar-refractivity contribution in [3.05, 3.63) is 41.3 Å². The lowest BCUT2D eigenvalue weighted by Crippen LogP contribution is -2.40. The molecular formula is C24H24ClN9O5. The van der Waals surface area contributed by atoms with E-state index in [1.54, 1.807) is 40.4 Å². The molecule has 0 saturated carbocycles. The summed E-state index contributed by atoms with van der Waals surface area (Å²) in [5.74, 6) is 1.62. The van der Waals surface area contributed by atoms with E-state index >= 15 is 0 Å². The van der Waals surface area contributed by atoms with E-state index in [1.807, 2.05) is 0 Å². The predicted molar refractivity (Wildman–Crippen MR) is 140 cm³/mol. The maximum Gasteiger partial charge on any atom is 0.413 e. The standard InChI is InChI=1S/C24H24ClN9O5/c1-31-6-7-33-15(22(31)35)10-17(30-33)28-23-29-21-20(32(23)2)19(25)16(11-27-21)39-14-3-5-26-18(9-14)34(24(36)37)13-4-8-38-12-13/h3,5,9-11,13H,4,6-8,12H2,1-2H3,(H,36,37)(H,27,28,29,30)/t13-/m1/s1. The van der Waals surface area contributed by atoms with Crippen LogP contribution in [0.3, 0.4) is 0 Å². The Labute approximate surface area is 226 Å². The summed E-state index contributed by atoms with van der Waals surface area (Å²) in [5, 5.41) is 17.6. The van der Waals surface area contributed by atoms with Gasteiger partial charge in [-0.05, 0) is 12.5 Å². The first-order valence-electron chi connectivity index (χ1n) is 12.1. The highest BCUT2D eigenvalue weighted by molar-refractivity contribution is 6.36. The second-order valence-electron chi connectivity index (χ2n) is 9.21. The van der Waals surface area contributed by atoms with Gasteiger partial charge in [-0.25, -0.2) is 14.8 Å². The Morgan fingerprint density at radius 3 is 2.90 bits per heavy atom. The molecule has 0 bridgehead atoms. The fraction of sp³-hybridized carbons (Fsp3) is 0.333. The number of fused-ring (bicyclic) bond motifs is 2. The monoisotopic (exact) mass is 553 g/mol. The van der Waals surface area contributed by atoms with Gasteiger partial charge in [-0.3, -0.25) is 14.4 Å². The number of rotatable bonds is 6. The molecule has 1 saturated heterocycles. The minimum atomic E-state index is -1.12. The highest BCUT2D eigenvalue weighted by atomic mass is 35.5. The number of nitrogens with zero attached hydrogens (tertiary/aromatic N) is 8. The van der Waals surface area contributed by atoms with Crippen LogP contribution in [0.5, 0.6) is 11.5 Å². The van der Waals surface area contributed by atoms with Gasteiger partial charge in [-0.1, -0.05) is 11.6 Å². The van der Waals surface area contributed by atoms with Crippen molar-refractivity contribution in [1.82, 2.24) is 34.2 Å². The number of aromatic nitrogens is 6. The summed E-state index contributed by atoms with van der Waals surface area (Å²) in [6.45, 7) is 1.98. The fourth-order valence-electron chi connectivity index (χ4n) is 4.66. The van der Waals surface area contributed by atoms with Crippen LogP contribution in [0.15, 0.2) is 30.6 Å². The molecule has 0 aliphatic carbocycles. The molecule has 4 aromatic heterocycles. The van der Waals surface area contributed by atoms with Crippen molar-refractivity contribution in [2.45, 2.75) is 19.0 Å². The predicted octanol–water partition coefficient (Wildman–Crippen LogP) is 3.11. The van der Waals surface area contributed by atoms with Gasteiger partial charge in [-0.15, -0.1) is 0 Å². The number of hydrogen-bond donors (Lipinski definition) is 2. The van der Waals surface area contributed by atoms with Crippen LogP contribution in [0.2, 0.25) is 5.02 Å². The molecule has 2 amide bonds. The third-order valence-electron chi connectivity index (χ3n) is 6.71. The Hall–Kier alpha value is -4.43. The number of likely N-dealkylation sites (N-methyl/N-ethyl adjacent to an activating group) is 1. The van der Waals surface area contributed by atoms with E-state index < -0.39 is 6.09 Å². The summed E-state index contributed by atoms with van der Waals surface area (Å²) >= 11 is 6.73. The first kappa shape index (κ1) is 24.9. The fourth-order valence-corrected chi connectivity index (χ4v) is 4.96. The molecule has 1 atom stereocenters. The van der Waals surface area contributed by atoms with Gasteiger partial charge >= 0.3 is 6.09 Å². The molecule has 0 spiro atoms. The maximum atomic E-state index is 12.4. The van der Waals surface area contributed by atoms with Crippen LogP contribution in [0.25, 0.3) is 11.2 Å². The topological polar surface area (TPSA) is 153 Å². The molecule has 202 valence electrons. The zero-order chi connectivity index (χ0) is 27.3. The number of carbonyl (C=O) groups is 2. The van der Waals surface area contributed by atoms with Crippen LogP contribution >= 0.6 is 11.6 Å². The van der Waals surface area contributed by atoms with Gasteiger partial charge in [0, 0.05) is 45.6 Å². The second kappa shape index (κ2) is 9.71. The van der Waals surface area contributed by atoms with Gasteiger partial charge < -0.3 is 29.4 Å². The first-order chi connectivity index (χ1) is 18.8. The number of halogens is 1. The van der Waals surface area contributed by atoms with Crippen molar-refractivity contribution < 1.29 is 24.2 Å². The highest BCUT2D eigenvalue weighted by Gasteiger charge is 2.30. The number of pyridine rings is 2. The number of imidazole rings is 1. The largest absolute Gasteiger partial charge is 0.465 e. The quantitative estimate of drug-likeness (QED) is 0.364. The third kappa shape index (κ3) is 4.46. The van der Waals surface area contributed by atoms with E-state index in [9.17, 15) is 14.7 Å². The molecule has 2 aliphatic rings. The molecule has 0 radical (unpaired) electrons. The van der Waals surface area contributed by atoms with E-state index in [2.05, 4.69) is 25.4 Å². The molecule has 39 heavy (non-hydrogen) atoms. The summed E-state index contributed by atoms with van der Waals surface area (Å²) in [6.07, 6.45) is 2.37. The minimum Gasteiger partial charge on any atom is -0.465 e. The molecule has 15 heteroatoms. The van der Waals surface area contributed by atoms with Crippen molar-refractivity contribution in [2.24, 2.45) is 7.05 Å². The average Bonchev–Trinajstić information content (AvgIpc) is 3.64. The van der Waals surface area contributed by atoms with E-state index in [0.29, 0.717) is 67.1 Å². The molecule has 14 nitrogen and oxygen atoms in total. The van der Waals surface area contributed by atoms with E-state index in [4.69, 9.17) is 21.1 Å². The lowest BCUT2D eigenvalue weighted by atomic mass is 10.2. The van der Waals surface area contributed by atoms with Gasteiger partial charge in [0.2, 0.25) is 5.95 Å². The Kier molecular flexibility index (Phi) is 6.19. The first-order valence-corrected chi connectivity index (χ1v) is 12.5. The molecule has 0 aromatic carbocycles. The smallest absolute Gasteiger partial charge is 0.413 e. The van der Waals surface area contributed by atoms with Gasteiger partial charge in [0.1, 0.15) is 27.8 Å². The van der Waals surface area contributed by atoms with Gasteiger partial charge in [0.15, 0.2) is 17.2 Å². The number of anilines is 3. The molecule has 1 fully saturated rings. The highest BCUT2D eigenvalue weighted by Crippen LogP contribution is 2.36. The van der Waals surface area contributed by atoms with Gasteiger partial charge in [0.05, 0.1) is 25.4 Å². The van der Waals surface area contributed by atoms with Crippen molar-refractivity contribution >= 4 is 52.3 Å². The summed E-state index contributed by atoms with van der Waals surface area (Å²) in [5.41, 5.74) is 1.39. The zero-order valence-electron chi connectivity index (χ0n) is 21.0. The molecule has 6 rings (SSSR count). The Morgan fingerprint density at radius 2 is 2.13 bits per heavy atom. The number of hydrogen-bond acceptors (Lipinski definition) is 9. The van der Waals surface area contributed by atoms with Crippen LogP contribution in [0, 0.1) is 0 Å². The number of nitrogens with one attached hydrogen (secondary N) is 1. The summed E-state index contributed by atoms with van der Waals surface area (Å²) in [6, 6.07) is 4.49. The van der Waals surface area contributed by atoms with Crippen LogP contribution in [0.4, 0.5) is 22.4 Å². The summed E-state index contributed by atoms with van der Waals surface area (Å²) < 4.78 is 14.7. The molecule has 6 heterocycles. The van der Waals surface area contributed by atoms with Crippen LogP contribution in [0.1, 0.15) is 16.9 Å². The van der Waals surface area contributed by atoms with Crippen molar-refractivity contribution in [3.8, 4) is 11.5 Å². The average molecular weight is 554 g/mol.